The first-order chi connectivity index (χ1) is 2.56. The Morgan fingerprint density at radius 1 is 1.29 bits per heavy atom. The van der Waals surface area contributed by atoms with Crippen molar-refractivity contribution in [3.05, 3.63) is 0 Å². The number of hydrogen-bond acceptors (Lipinski definition) is 0. The van der Waals surface area contributed by atoms with Crippen LogP contribution in [0.5, 0.6) is 0 Å². The first-order valence-electron chi connectivity index (χ1n) is 2.04. The largest absolute Gasteiger partial charge is 0.153 e. The van der Waals surface area contributed by atoms with Crippen LogP contribution in [0.2, 0.25) is 19.6 Å². The standard InChI is InChI=1S/C5H10Si.H3P/c1-5-6(2,3)4;/h1H,2-4H3;1H3. The SMILES string of the molecule is C#C[Si](C)(C)C.P. The lowest BCUT2D eigenvalue weighted by atomic mass is 11.4. The molecule has 0 bridgehead atoms. The molecule has 0 aromatic carbocycles. The van der Waals surface area contributed by atoms with E-state index in [0.717, 1.165) is 0 Å². The first kappa shape index (κ1) is 10.2. The highest BCUT2D eigenvalue weighted by molar-refractivity contribution is 6.92. The Labute approximate surface area is 50.3 Å². The lowest BCUT2D eigenvalue weighted by Crippen LogP contribution is -2.15. The molecule has 0 fully saturated rings. The minimum atomic E-state index is -1.10. The Kier molecular flexibility index (Phi) is 4.74. The molecule has 0 aliphatic carbocycles. The van der Waals surface area contributed by atoms with E-state index in [4.69, 9.17) is 6.42 Å². The Morgan fingerprint density at radius 2 is 1.43 bits per heavy atom. The average molecular weight is 132 g/mol. The van der Waals surface area contributed by atoms with E-state index in [-0.39, 0.29) is 9.90 Å². The van der Waals surface area contributed by atoms with E-state index >= 15 is 0 Å². The van der Waals surface area contributed by atoms with E-state index in [1.54, 1.807) is 0 Å². The fourth-order valence-electron chi connectivity index (χ4n) is 0. The molecule has 2 heteroatoms. The Bertz CT molecular complexity index is 75.1. The van der Waals surface area contributed by atoms with E-state index in [9.17, 15) is 0 Å². The molecule has 0 amide bonds. The molecule has 0 saturated carbocycles. The molecule has 1 atom stereocenters. The molecular weight excluding hydrogens is 119 g/mol. The molecule has 0 rings (SSSR count). The summed E-state index contributed by atoms with van der Waals surface area (Å²) in [7, 11) is -1.10. The van der Waals surface area contributed by atoms with Crippen LogP contribution in [0.4, 0.5) is 0 Å². The summed E-state index contributed by atoms with van der Waals surface area (Å²) in [6, 6.07) is 0. The second-order valence-electron chi connectivity index (χ2n) is 2.39. The molecule has 7 heavy (non-hydrogen) atoms. The van der Waals surface area contributed by atoms with Crippen LogP contribution in [0.3, 0.4) is 0 Å². The van der Waals surface area contributed by atoms with Crippen molar-refractivity contribution in [2.45, 2.75) is 19.6 Å². The summed E-state index contributed by atoms with van der Waals surface area (Å²) in [4.78, 5) is 0. The van der Waals surface area contributed by atoms with Crippen LogP contribution in [0, 0.1) is 12.0 Å². The van der Waals surface area contributed by atoms with Crippen LogP contribution in [0.15, 0.2) is 0 Å². The topological polar surface area (TPSA) is 0 Å². The summed E-state index contributed by atoms with van der Waals surface area (Å²) < 4.78 is 0. The summed E-state index contributed by atoms with van der Waals surface area (Å²) in [5.41, 5.74) is 2.74. The van der Waals surface area contributed by atoms with Crippen molar-refractivity contribution in [2.24, 2.45) is 0 Å². The molecule has 0 saturated heterocycles. The molecule has 0 N–H and O–H groups in total. The van der Waals surface area contributed by atoms with Crippen molar-refractivity contribution in [3.8, 4) is 12.0 Å². The maximum atomic E-state index is 5.12. The molecule has 0 radical (unpaired) electrons. The van der Waals surface area contributed by atoms with Gasteiger partial charge in [-0.25, -0.2) is 0 Å². The molecule has 0 nitrogen and oxygen atoms in total. The monoisotopic (exact) mass is 132 g/mol. The lowest BCUT2D eigenvalue weighted by Gasteiger charge is -2.00. The molecule has 0 spiro atoms. The number of terminal acetylenes is 1. The van der Waals surface area contributed by atoms with Gasteiger partial charge in [-0.3, -0.25) is 0 Å². The van der Waals surface area contributed by atoms with E-state index in [2.05, 4.69) is 25.2 Å². The minimum Gasteiger partial charge on any atom is -0.153 e. The zero-order chi connectivity index (χ0) is 5.21. The molecule has 0 aliphatic rings. The highest BCUT2D eigenvalue weighted by atomic mass is 31.0. The molecule has 0 aromatic heterocycles. The van der Waals surface area contributed by atoms with Crippen LogP contribution >= 0.6 is 9.90 Å². The molecule has 0 aliphatic heterocycles. The quantitative estimate of drug-likeness (QED) is 0.266. The molecule has 0 heterocycles. The molecule has 42 valence electrons. The van der Waals surface area contributed by atoms with Gasteiger partial charge in [-0.15, -0.1) is 12.0 Å². The summed E-state index contributed by atoms with van der Waals surface area (Å²) in [5, 5.41) is 0. The zero-order valence-corrected chi connectivity index (χ0v) is 7.70. The second-order valence-corrected chi connectivity index (χ2v) is 7.18. The average Bonchev–Trinajstić information content (AvgIpc) is 1.35. The fraction of sp³-hybridized carbons (Fsp3) is 0.600. The van der Waals surface area contributed by atoms with Gasteiger partial charge in [0.15, 0.2) is 0 Å². The van der Waals surface area contributed by atoms with Crippen molar-refractivity contribution in [1.29, 1.82) is 0 Å². The van der Waals surface area contributed by atoms with Gasteiger partial charge in [0.1, 0.15) is 8.07 Å². The summed E-state index contributed by atoms with van der Waals surface area (Å²) in [6.45, 7) is 6.44. The Morgan fingerprint density at radius 3 is 1.43 bits per heavy atom. The van der Waals surface area contributed by atoms with Gasteiger partial charge in [0.05, 0.1) is 0 Å². The van der Waals surface area contributed by atoms with E-state index in [0.29, 0.717) is 0 Å². The van der Waals surface area contributed by atoms with Crippen molar-refractivity contribution in [3.63, 3.8) is 0 Å². The van der Waals surface area contributed by atoms with Gasteiger partial charge in [0.25, 0.3) is 0 Å². The fourth-order valence-corrected chi connectivity index (χ4v) is 0. The van der Waals surface area contributed by atoms with Gasteiger partial charge in [0, 0.05) is 0 Å². The molecular formula is C5H13PSi. The van der Waals surface area contributed by atoms with Crippen molar-refractivity contribution in [1.82, 2.24) is 0 Å². The molecule has 0 aromatic rings. The Hall–Kier alpha value is 0.207. The van der Waals surface area contributed by atoms with Crippen LogP contribution < -0.4 is 0 Å². The van der Waals surface area contributed by atoms with Gasteiger partial charge in [-0.05, 0) is 0 Å². The molecule has 1 unspecified atom stereocenters. The van der Waals surface area contributed by atoms with Crippen molar-refractivity contribution >= 4 is 18.0 Å². The third-order valence-electron chi connectivity index (χ3n) is 0.433. The lowest BCUT2D eigenvalue weighted by molar-refractivity contribution is 1.82. The van der Waals surface area contributed by atoms with E-state index < -0.39 is 8.07 Å². The third-order valence-corrected chi connectivity index (χ3v) is 1.30. The van der Waals surface area contributed by atoms with Crippen LogP contribution in [0.1, 0.15) is 0 Å². The second kappa shape index (κ2) is 3.24. The highest BCUT2D eigenvalue weighted by Crippen LogP contribution is 1.94. The van der Waals surface area contributed by atoms with Gasteiger partial charge in [-0.2, -0.15) is 9.90 Å². The number of rotatable bonds is 0. The van der Waals surface area contributed by atoms with E-state index in [1.807, 2.05) is 0 Å². The first-order valence-corrected chi connectivity index (χ1v) is 5.54. The minimum absolute atomic E-state index is 0. The van der Waals surface area contributed by atoms with Crippen molar-refractivity contribution < 1.29 is 0 Å². The van der Waals surface area contributed by atoms with E-state index in [1.165, 1.54) is 0 Å². The smallest absolute Gasteiger partial charge is 0.128 e. The van der Waals surface area contributed by atoms with Gasteiger partial charge in [0.2, 0.25) is 0 Å². The predicted molar refractivity (Wildman–Crippen MR) is 43.3 cm³/mol. The maximum Gasteiger partial charge on any atom is 0.128 e. The van der Waals surface area contributed by atoms with Crippen LogP contribution in [-0.4, -0.2) is 8.07 Å². The van der Waals surface area contributed by atoms with Gasteiger partial charge >= 0.3 is 0 Å². The van der Waals surface area contributed by atoms with Crippen molar-refractivity contribution in [2.75, 3.05) is 0 Å². The summed E-state index contributed by atoms with van der Waals surface area (Å²) >= 11 is 0. The normalized spacial score (nSPS) is 8.86. The number of hydrogen-bond donors (Lipinski definition) is 0. The van der Waals surface area contributed by atoms with Crippen LogP contribution in [-0.2, 0) is 0 Å². The van der Waals surface area contributed by atoms with Gasteiger partial charge < -0.3 is 0 Å². The maximum absolute atomic E-state index is 5.12. The predicted octanol–water partition coefficient (Wildman–Crippen LogP) is 1.56. The highest BCUT2D eigenvalue weighted by Gasteiger charge is 2.05. The zero-order valence-electron chi connectivity index (χ0n) is 5.28. The summed E-state index contributed by atoms with van der Waals surface area (Å²) in [5.74, 6) is 0. The summed E-state index contributed by atoms with van der Waals surface area (Å²) in [6.07, 6.45) is 5.12. The van der Waals surface area contributed by atoms with Gasteiger partial charge in [-0.1, -0.05) is 19.6 Å². The third kappa shape index (κ3) is 10.7. The van der Waals surface area contributed by atoms with Crippen LogP contribution in [0.25, 0.3) is 0 Å². The Balaban J connectivity index is 0.